The van der Waals surface area contributed by atoms with Crippen LogP contribution in [0.2, 0.25) is 0 Å². The summed E-state index contributed by atoms with van der Waals surface area (Å²) in [7, 11) is 2.08. The summed E-state index contributed by atoms with van der Waals surface area (Å²) in [5.74, 6) is 0.106. The number of nitrogens with zero attached hydrogens (tertiary/aromatic N) is 1. The maximum absolute atomic E-state index is 7.43. The lowest BCUT2D eigenvalue weighted by Gasteiger charge is -2.22. The van der Waals surface area contributed by atoms with Crippen LogP contribution in [0.25, 0.3) is 0 Å². The predicted octanol–water partition coefficient (Wildman–Crippen LogP) is 3.53. The Morgan fingerprint density at radius 2 is 1.57 bits per heavy atom. The van der Waals surface area contributed by atoms with Gasteiger partial charge in [-0.15, -0.1) is 0 Å². The number of nitrogens with two attached hydrogens (primary N) is 1. The van der Waals surface area contributed by atoms with Crippen molar-refractivity contribution in [3.8, 4) is 0 Å². The molecule has 0 aromatic heterocycles. The molecular formula is C18H23N3. The van der Waals surface area contributed by atoms with Crippen molar-refractivity contribution in [2.75, 3.05) is 11.9 Å². The number of amidine groups is 1. The largest absolute Gasteiger partial charge is 0.384 e. The van der Waals surface area contributed by atoms with E-state index in [-0.39, 0.29) is 5.84 Å². The Bertz CT molecular complexity index is 634. The molecule has 0 aliphatic rings. The first-order valence-corrected chi connectivity index (χ1v) is 7.11. The topological polar surface area (TPSA) is 53.1 Å². The van der Waals surface area contributed by atoms with Crippen molar-refractivity contribution in [2.45, 2.75) is 27.3 Å². The summed E-state index contributed by atoms with van der Waals surface area (Å²) in [6.45, 7) is 7.34. The molecule has 0 fully saturated rings. The first kappa shape index (κ1) is 15.1. The van der Waals surface area contributed by atoms with Gasteiger partial charge in [-0.1, -0.05) is 17.7 Å². The number of benzene rings is 2. The summed E-state index contributed by atoms with van der Waals surface area (Å²) in [6, 6.07) is 12.3. The zero-order chi connectivity index (χ0) is 15.6. The molecule has 3 nitrogen and oxygen atoms in total. The Kier molecular flexibility index (Phi) is 4.32. The quantitative estimate of drug-likeness (QED) is 0.665. The van der Waals surface area contributed by atoms with E-state index in [1.165, 1.54) is 22.3 Å². The molecule has 2 aromatic rings. The number of anilines is 1. The maximum Gasteiger partial charge on any atom is 0.122 e. The van der Waals surface area contributed by atoms with Crippen molar-refractivity contribution in [1.82, 2.24) is 0 Å². The van der Waals surface area contributed by atoms with Crippen LogP contribution in [0.5, 0.6) is 0 Å². The second-order valence-electron chi connectivity index (χ2n) is 5.69. The molecule has 2 aromatic carbocycles. The lowest BCUT2D eigenvalue weighted by molar-refractivity contribution is 0.903. The Labute approximate surface area is 126 Å². The Morgan fingerprint density at radius 3 is 2.05 bits per heavy atom. The lowest BCUT2D eigenvalue weighted by Crippen LogP contribution is -2.18. The number of nitrogen functional groups attached to an aromatic ring is 1. The molecule has 0 heterocycles. The van der Waals surface area contributed by atoms with Gasteiger partial charge in [0, 0.05) is 24.8 Å². The number of aryl methyl sites for hydroxylation is 3. The van der Waals surface area contributed by atoms with Gasteiger partial charge in [0.1, 0.15) is 5.84 Å². The van der Waals surface area contributed by atoms with Crippen molar-refractivity contribution in [2.24, 2.45) is 5.73 Å². The average Bonchev–Trinajstić information content (AvgIpc) is 2.42. The molecule has 2 rings (SSSR count). The summed E-state index contributed by atoms with van der Waals surface area (Å²) in [4.78, 5) is 2.22. The second kappa shape index (κ2) is 6.00. The zero-order valence-corrected chi connectivity index (χ0v) is 13.2. The SMILES string of the molecule is Cc1cc(C)c(CN(C)c2ccc(C(=N)N)cc2)c(C)c1. The fourth-order valence-corrected chi connectivity index (χ4v) is 2.68. The highest BCUT2D eigenvalue weighted by molar-refractivity contribution is 5.95. The van der Waals surface area contributed by atoms with Crippen molar-refractivity contribution in [1.29, 1.82) is 5.41 Å². The van der Waals surface area contributed by atoms with E-state index in [9.17, 15) is 0 Å². The van der Waals surface area contributed by atoms with Crippen LogP contribution >= 0.6 is 0 Å². The molecule has 110 valence electrons. The average molecular weight is 281 g/mol. The van der Waals surface area contributed by atoms with E-state index >= 15 is 0 Å². The van der Waals surface area contributed by atoms with Gasteiger partial charge in [-0.05, 0) is 61.7 Å². The van der Waals surface area contributed by atoms with Crippen LogP contribution in [0, 0.1) is 26.2 Å². The molecule has 3 heteroatoms. The highest BCUT2D eigenvalue weighted by atomic mass is 15.1. The smallest absolute Gasteiger partial charge is 0.122 e. The van der Waals surface area contributed by atoms with Crippen molar-refractivity contribution in [3.05, 3.63) is 64.2 Å². The number of hydrogen-bond acceptors (Lipinski definition) is 2. The highest BCUT2D eigenvalue weighted by Gasteiger charge is 2.08. The summed E-state index contributed by atoms with van der Waals surface area (Å²) in [5, 5.41) is 7.43. The van der Waals surface area contributed by atoms with Crippen molar-refractivity contribution in [3.63, 3.8) is 0 Å². The van der Waals surface area contributed by atoms with Gasteiger partial charge < -0.3 is 10.6 Å². The molecule has 21 heavy (non-hydrogen) atoms. The molecule has 0 bridgehead atoms. The van der Waals surface area contributed by atoms with E-state index in [4.69, 9.17) is 11.1 Å². The van der Waals surface area contributed by atoms with Crippen LogP contribution in [-0.2, 0) is 6.54 Å². The first-order chi connectivity index (χ1) is 9.88. The molecule has 0 atom stereocenters. The fourth-order valence-electron chi connectivity index (χ4n) is 2.68. The third-order valence-corrected chi connectivity index (χ3v) is 3.85. The van der Waals surface area contributed by atoms with Crippen LogP contribution < -0.4 is 10.6 Å². The number of rotatable bonds is 4. The van der Waals surface area contributed by atoms with Gasteiger partial charge in [-0.25, -0.2) is 0 Å². The summed E-state index contributed by atoms with van der Waals surface area (Å²) >= 11 is 0. The van der Waals surface area contributed by atoms with Crippen LogP contribution in [0.15, 0.2) is 36.4 Å². The van der Waals surface area contributed by atoms with Crippen molar-refractivity contribution >= 4 is 11.5 Å². The van der Waals surface area contributed by atoms with E-state index in [0.717, 1.165) is 17.8 Å². The van der Waals surface area contributed by atoms with Crippen LogP contribution in [0.4, 0.5) is 5.69 Å². The molecular weight excluding hydrogens is 258 g/mol. The Morgan fingerprint density at radius 1 is 1.05 bits per heavy atom. The van der Waals surface area contributed by atoms with E-state index < -0.39 is 0 Å². The third-order valence-electron chi connectivity index (χ3n) is 3.85. The maximum atomic E-state index is 7.43. The van der Waals surface area contributed by atoms with Gasteiger partial charge >= 0.3 is 0 Å². The van der Waals surface area contributed by atoms with Gasteiger partial charge in [0.05, 0.1) is 0 Å². The molecule has 0 spiro atoms. The second-order valence-corrected chi connectivity index (χ2v) is 5.69. The predicted molar refractivity (Wildman–Crippen MR) is 90.2 cm³/mol. The van der Waals surface area contributed by atoms with Gasteiger partial charge in [-0.2, -0.15) is 0 Å². The molecule has 3 N–H and O–H groups in total. The van der Waals surface area contributed by atoms with E-state index in [2.05, 4.69) is 44.9 Å². The van der Waals surface area contributed by atoms with Gasteiger partial charge in [-0.3, -0.25) is 5.41 Å². The van der Waals surface area contributed by atoms with Crippen molar-refractivity contribution < 1.29 is 0 Å². The fraction of sp³-hybridized carbons (Fsp3) is 0.278. The van der Waals surface area contributed by atoms with Gasteiger partial charge in [0.25, 0.3) is 0 Å². The van der Waals surface area contributed by atoms with Gasteiger partial charge in [0.2, 0.25) is 0 Å². The number of nitrogens with one attached hydrogen (secondary N) is 1. The van der Waals surface area contributed by atoms with Gasteiger partial charge in [0.15, 0.2) is 0 Å². The third kappa shape index (κ3) is 3.43. The minimum atomic E-state index is 0.106. The lowest BCUT2D eigenvalue weighted by atomic mass is 9.99. The summed E-state index contributed by atoms with van der Waals surface area (Å²) in [5.41, 5.74) is 12.7. The molecule has 0 amide bonds. The van der Waals surface area contributed by atoms with E-state index in [1.54, 1.807) is 0 Å². The Balaban J connectivity index is 2.22. The van der Waals surface area contributed by atoms with E-state index in [1.807, 2.05) is 24.3 Å². The zero-order valence-electron chi connectivity index (χ0n) is 13.2. The first-order valence-electron chi connectivity index (χ1n) is 7.11. The monoisotopic (exact) mass is 281 g/mol. The minimum absolute atomic E-state index is 0.106. The normalized spacial score (nSPS) is 10.5. The van der Waals surface area contributed by atoms with Crippen LogP contribution in [0.1, 0.15) is 27.8 Å². The molecule has 0 unspecified atom stereocenters. The minimum Gasteiger partial charge on any atom is -0.384 e. The van der Waals surface area contributed by atoms with Crippen LogP contribution in [-0.4, -0.2) is 12.9 Å². The summed E-state index contributed by atoms with van der Waals surface area (Å²) in [6.07, 6.45) is 0. The molecule has 0 saturated heterocycles. The molecule has 0 aliphatic heterocycles. The van der Waals surface area contributed by atoms with Crippen LogP contribution in [0.3, 0.4) is 0 Å². The molecule has 0 radical (unpaired) electrons. The Hall–Kier alpha value is -2.29. The molecule has 0 saturated carbocycles. The standard InChI is InChI=1S/C18H23N3/c1-12-9-13(2)17(14(3)10-12)11-21(4)16-7-5-15(6-8-16)18(19)20/h5-10H,11H2,1-4H3,(H3,19,20). The number of hydrogen-bond donors (Lipinski definition) is 2. The van der Waals surface area contributed by atoms with E-state index in [0.29, 0.717) is 0 Å². The highest BCUT2D eigenvalue weighted by Crippen LogP contribution is 2.21. The molecule has 0 aliphatic carbocycles. The summed E-state index contributed by atoms with van der Waals surface area (Å²) < 4.78 is 0.